The van der Waals surface area contributed by atoms with Gasteiger partial charge >= 0.3 is 0 Å². The van der Waals surface area contributed by atoms with Gasteiger partial charge in [-0.1, -0.05) is 12.1 Å². The summed E-state index contributed by atoms with van der Waals surface area (Å²) in [6, 6.07) is 11.9. The fraction of sp³-hybridized carbons (Fsp3) is 0.545. The second-order valence-corrected chi connectivity index (χ2v) is 7.65. The number of nitriles is 2. The molecule has 0 spiro atoms. The van der Waals surface area contributed by atoms with Crippen LogP contribution in [-0.4, -0.2) is 0 Å². The summed E-state index contributed by atoms with van der Waals surface area (Å²) in [6.07, 6.45) is 10.9. The molecule has 0 N–H and O–H groups in total. The maximum Gasteiger partial charge on any atom is 0.196 e. The molecule has 0 amide bonds. The Hall–Kier alpha value is -2.13. The molecule has 0 bridgehead atoms. The largest absolute Gasteiger partial charge is 0.196 e. The maximum absolute atomic E-state index is 13.1. The van der Waals surface area contributed by atoms with Gasteiger partial charge in [0.25, 0.3) is 0 Å². The molecule has 130 valence electrons. The highest BCUT2D eigenvalue weighted by atomic mass is 19.1. The first-order chi connectivity index (χ1) is 12.2. The van der Waals surface area contributed by atoms with E-state index in [2.05, 4.69) is 18.2 Å². The van der Waals surface area contributed by atoms with E-state index >= 15 is 0 Å². The monoisotopic (exact) mass is 336 g/mol. The molecule has 0 radical (unpaired) electrons. The van der Waals surface area contributed by atoms with Gasteiger partial charge < -0.3 is 0 Å². The van der Waals surface area contributed by atoms with Crippen molar-refractivity contribution in [3.8, 4) is 12.1 Å². The van der Waals surface area contributed by atoms with Crippen LogP contribution < -0.4 is 0 Å². The van der Waals surface area contributed by atoms with Crippen LogP contribution in [0.3, 0.4) is 0 Å². The van der Waals surface area contributed by atoms with Crippen molar-refractivity contribution in [3.63, 3.8) is 0 Å². The Morgan fingerprint density at radius 1 is 0.880 bits per heavy atom. The summed E-state index contributed by atoms with van der Waals surface area (Å²) in [4.78, 5) is 0. The van der Waals surface area contributed by atoms with E-state index in [0.717, 1.165) is 30.2 Å². The first-order valence-electron chi connectivity index (χ1n) is 9.47. The van der Waals surface area contributed by atoms with E-state index < -0.39 is 5.83 Å². The molecule has 3 heteroatoms. The first kappa shape index (κ1) is 17.7. The highest BCUT2D eigenvalue weighted by Gasteiger charge is 2.31. The molecule has 0 aromatic heterocycles. The van der Waals surface area contributed by atoms with Gasteiger partial charge in [0.1, 0.15) is 6.07 Å². The van der Waals surface area contributed by atoms with Crippen LogP contribution in [0.2, 0.25) is 0 Å². The predicted molar refractivity (Wildman–Crippen MR) is 96.1 cm³/mol. The Bertz CT molecular complexity index is 676. The number of halogens is 1. The number of hydrogen-bond acceptors (Lipinski definition) is 2. The van der Waals surface area contributed by atoms with Gasteiger partial charge in [0.2, 0.25) is 0 Å². The second-order valence-electron chi connectivity index (χ2n) is 7.65. The van der Waals surface area contributed by atoms with Crippen molar-refractivity contribution in [1.29, 1.82) is 10.5 Å². The normalized spacial score (nSPS) is 30.3. The number of benzene rings is 1. The van der Waals surface area contributed by atoms with E-state index in [-0.39, 0.29) is 5.92 Å². The third kappa shape index (κ3) is 4.49. The number of rotatable bonds is 3. The quantitative estimate of drug-likeness (QED) is 0.634. The van der Waals surface area contributed by atoms with Gasteiger partial charge in [-0.2, -0.15) is 14.9 Å². The molecular weight excluding hydrogens is 311 g/mol. The van der Waals surface area contributed by atoms with Crippen LogP contribution in [0.25, 0.3) is 0 Å². The summed E-state index contributed by atoms with van der Waals surface area (Å²) in [5.74, 6) is 1.85. The molecule has 1 aromatic rings. The lowest BCUT2D eigenvalue weighted by Crippen LogP contribution is -2.25. The summed E-state index contributed by atoms with van der Waals surface area (Å²) in [7, 11) is 0. The number of hydrogen-bond donors (Lipinski definition) is 0. The summed E-state index contributed by atoms with van der Waals surface area (Å²) in [6.45, 7) is 0. The number of allylic oxidation sites excluding steroid dienone is 2. The minimum atomic E-state index is -0.619. The summed E-state index contributed by atoms with van der Waals surface area (Å²) < 4.78 is 13.1. The van der Waals surface area contributed by atoms with E-state index in [1.165, 1.54) is 50.2 Å². The zero-order valence-corrected chi connectivity index (χ0v) is 14.6. The minimum absolute atomic E-state index is 0.255. The maximum atomic E-state index is 13.1. The van der Waals surface area contributed by atoms with Crippen LogP contribution >= 0.6 is 0 Å². The predicted octanol–water partition coefficient (Wildman–Crippen LogP) is 6.02. The van der Waals surface area contributed by atoms with Crippen LogP contribution in [0.5, 0.6) is 0 Å². The van der Waals surface area contributed by atoms with E-state index in [9.17, 15) is 4.39 Å². The minimum Gasteiger partial charge on any atom is -0.195 e. The van der Waals surface area contributed by atoms with Crippen LogP contribution in [0, 0.1) is 40.4 Å². The van der Waals surface area contributed by atoms with Crippen LogP contribution in [-0.2, 0) is 0 Å². The Kier molecular flexibility index (Phi) is 5.87. The Morgan fingerprint density at radius 3 is 1.96 bits per heavy atom. The van der Waals surface area contributed by atoms with Crippen molar-refractivity contribution in [1.82, 2.24) is 0 Å². The Morgan fingerprint density at radius 2 is 1.44 bits per heavy atom. The van der Waals surface area contributed by atoms with Crippen molar-refractivity contribution in [3.05, 3.63) is 47.3 Å². The molecule has 2 aliphatic carbocycles. The van der Waals surface area contributed by atoms with Gasteiger partial charge in [0, 0.05) is 0 Å². The molecule has 2 fully saturated rings. The van der Waals surface area contributed by atoms with E-state index in [0.29, 0.717) is 5.92 Å². The van der Waals surface area contributed by atoms with Crippen molar-refractivity contribution in [2.24, 2.45) is 17.8 Å². The Labute approximate surface area is 150 Å². The molecule has 25 heavy (non-hydrogen) atoms. The van der Waals surface area contributed by atoms with E-state index in [4.69, 9.17) is 10.5 Å². The molecule has 0 heterocycles. The van der Waals surface area contributed by atoms with Crippen molar-refractivity contribution < 1.29 is 4.39 Å². The zero-order valence-electron chi connectivity index (χ0n) is 14.6. The van der Waals surface area contributed by atoms with Crippen molar-refractivity contribution in [2.45, 2.75) is 57.3 Å². The summed E-state index contributed by atoms with van der Waals surface area (Å²) in [5.41, 5.74) is 2.11. The molecule has 2 nitrogen and oxygen atoms in total. The third-order valence-electron chi connectivity index (χ3n) is 6.26. The molecule has 0 atom stereocenters. The fourth-order valence-corrected chi connectivity index (χ4v) is 4.78. The highest BCUT2D eigenvalue weighted by Crippen LogP contribution is 2.44. The fourth-order valence-electron chi connectivity index (χ4n) is 4.78. The van der Waals surface area contributed by atoms with Crippen LogP contribution in [0.15, 0.2) is 36.2 Å². The van der Waals surface area contributed by atoms with Crippen molar-refractivity contribution in [2.75, 3.05) is 0 Å². The van der Waals surface area contributed by atoms with Crippen LogP contribution in [0.1, 0.15) is 68.4 Å². The molecule has 2 aliphatic rings. The van der Waals surface area contributed by atoms with Gasteiger partial charge in [0.15, 0.2) is 5.83 Å². The van der Waals surface area contributed by atoms with E-state index in [1.807, 2.05) is 12.1 Å². The van der Waals surface area contributed by atoms with Gasteiger partial charge in [-0.3, -0.25) is 0 Å². The lowest BCUT2D eigenvalue weighted by molar-refractivity contribution is 0.171. The van der Waals surface area contributed by atoms with Crippen molar-refractivity contribution >= 4 is 0 Å². The zero-order chi connectivity index (χ0) is 17.6. The standard InChI is InChI=1S/C22H25FN2/c23-22(15-25)13-16-1-5-18(6-2-16)20-9-11-21(12-10-20)19-7-3-17(14-24)4-8-19/h3-4,7-8,13,16,18,20-21H,1-2,5-6,9-12H2/b22-13-. The molecular formula is C22H25FN2. The average molecular weight is 336 g/mol. The second kappa shape index (κ2) is 8.30. The molecule has 3 rings (SSSR count). The lowest BCUT2D eigenvalue weighted by Gasteiger charge is -2.37. The molecule has 0 unspecified atom stereocenters. The van der Waals surface area contributed by atoms with Gasteiger partial charge in [-0.15, -0.1) is 0 Å². The third-order valence-corrected chi connectivity index (χ3v) is 6.26. The lowest BCUT2D eigenvalue weighted by atomic mass is 9.68. The molecule has 1 aromatic carbocycles. The highest BCUT2D eigenvalue weighted by molar-refractivity contribution is 5.33. The van der Waals surface area contributed by atoms with Crippen LogP contribution in [0.4, 0.5) is 4.39 Å². The van der Waals surface area contributed by atoms with Gasteiger partial charge in [-0.05, 0) is 98.8 Å². The van der Waals surface area contributed by atoms with Gasteiger partial charge in [-0.25, -0.2) is 0 Å². The molecule has 2 saturated carbocycles. The van der Waals surface area contributed by atoms with Gasteiger partial charge in [0.05, 0.1) is 11.6 Å². The Balaban J connectivity index is 1.48. The average Bonchev–Trinajstić information content (AvgIpc) is 2.69. The van der Waals surface area contributed by atoms with E-state index in [1.54, 1.807) is 6.07 Å². The SMILES string of the molecule is N#C/C(F)=C/C1CCC(C2CCC(c3ccc(C#N)cc3)CC2)CC1. The smallest absolute Gasteiger partial charge is 0.195 e. The molecule has 0 aliphatic heterocycles. The number of nitrogens with zero attached hydrogens (tertiary/aromatic N) is 2. The summed E-state index contributed by atoms with van der Waals surface area (Å²) >= 11 is 0. The first-order valence-corrected chi connectivity index (χ1v) is 9.47. The summed E-state index contributed by atoms with van der Waals surface area (Å²) in [5, 5.41) is 17.5. The topological polar surface area (TPSA) is 47.6 Å². The molecule has 0 saturated heterocycles.